The first-order valence-electron chi connectivity index (χ1n) is 6.55. The molecule has 0 amide bonds. The molecule has 0 spiro atoms. The lowest BCUT2D eigenvalue weighted by atomic mass is 10.2. The molecule has 2 heteroatoms. The number of carboxylic acids is 1. The maximum absolute atomic E-state index is 10.2. The van der Waals surface area contributed by atoms with E-state index in [-0.39, 0.29) is 6.42 Å². The zero-order chi connectivity index (χ0) is 13.5. The van der Waals surface area contributed by atoms with Gasteiger partial charge in [0.05, 0.1) is 0 Å². The van der Waals surface area contributed by atoms with Gasteiger partial charge in [-0.2, -0.15) is 0 Å². The molecule has 0 saturated carbocycles. The summed E-state index contributed by atoms with van der Waals surface area (Å²) in [6.07, 6.45) is 21.7. The van der Waals surface area contributed by atoms with Crippen LogP contribution in [-0.4, -0.2) is 11.1 Å². The van der Waals surface area contributed by atoms with Gasteiger partial charge in [0.2, 0.25) is 0 Å². The number of aliphatic carboxylic acids is 1. The van der Waals surface area contributed by atoms with E-state index in [4.69, 9.17) is 5.11 Å². The Morgan fingerprint density at radius 1 is 0.833 bits per heavy atom. The summed E-state index contributed by atoms with van der Waals surface area (Å²) < 4.78 is 0. The van der Waals surface area contributed by atoms with E-state index >= 15 is 0 Å². The van der Waals surface area contributed by atoms with Crippen molar-refractivity contribution in [3.05, 3.63) is 48.6 Å². The molecule has 0 rings (SSSR count). The molecule has 2 nitrogen and oxygen atoms in total. The average molecular weight is 248 g/mol. The molecule has 0 saturated heterocycles. The fourth-order valence-electron chi connectivity index (χ4n) is 1.33. The third kappa shape index (κ3) is 14.4. The predicted octanol–water partition coefficient (Wildman–Crippen LogP) is 4.66. The molecule has 0 aliphatic rings. The van der Waals surface area contributed by atoms with Gasteiger partial charge in [-0.3, -0.25) is 4.79 Å². The standard InChI is InChI=1S/C16H24O2/c1-2-3-4-5-6-7-8-9-10-11-12-13-14-15-16(17)18/h2-3,5-6,8-9,12-13H,4,7,10-11,14-15H2,1H3,(H,17,18)/b3-2+,6-5+,9-8+,13-12+. The van der Waals surface area contributed by atoms with Crippen LogP contribution in [0.4, 0.5) is 0 Å². The van der Waals surface area contributed by atoms with Gasteiger partial charge in [0.15, 0.2) is 0 Å². The van der Waals surface area contributed by atoms with Gasteiger partial charge in [-0.1, -0.05) is 48.6 Å². The fraction of sp³-hybridized carbons (Fsp3) is 0.438. The van der Waals surface area contributed by atoms with Crippen molar-refractivity contribution in [2.75, 3.05) is 0 Å². The highest BCUT2D eigenvalue weighted by atomic mass is 16.4. The summed E-state index contributed by atoms with van der Waals surface area (Å²) in [5.41, 5.74) is 0. The molecule has 0 aliphatic heterocycles. The number of rotatable bonds is 10. The summed E-state index contributed by atoms with van der Waals surface area (Å²) in [6, 6.07) is 0. The van der Waals surface area contributed by atoms with Crippen molar-refractivity contribution in [2.45, 2.75) is 45.4 Å². The zero-order valence-electron chi connectivity index (χ0n) is 11.2. The summed E-state index contributed by atoms with van der Waals surface area (Å²) in [4.78, 5) is 10.2. The van der Waals surface area contributed by atoms with Crippen LogP contribution >= 0.6 is 0 Å². The highest BCUT2D eigenvalue weighted by Gasteiger charge is 1.90. The maximum atomic E-state index is 10.2. The zero-order valence-corrected chi connectivity index (χ0v) is 11.2. The van der Waals surface area contributed by atoms with Gasteiger partial charge in [-0.15, -0.1) is 0 Å². The minimum atomic E-state index is -0.732. The largest absolute Gasteiger partial charge is 0.481 e. The normalized spacial score (nSPS) is 12.5. The first-order chi connectivity index (χ1) is 8.77. The highest BCUT2D eigenvalue weighted by molar-refractivity contribution is 5.66. The van der Waals surface area contributed by atoms with E-state index < -0.39 is 5.97 Å². The lowest BCUT2D eigenvalue weighted by Gasteiger charge is -1.89. The number of carbonyl (C=O) groups is 1. The van der Waals surface area contributed by atoms with Crippen molar-refractivity contribution in [1.29, 1.82) is 0 Å². The summed E-state index contributed by atoms with van der Waals surface area (Å²) >= 11 is 0. The van der Waals surface area contributed by atoms with E-state index in [0.717, 1.165) is 25.7 Å². The van der Waals surface area contributed by atoms with Crippen LogP contribution in [0.15, 0.2) is 48.6 Å². The van der Waals surface area contributed by atoms with Crippen LogP contribution in [0.3, 0.4) is 0 Å². The minimum absolute atomic E-state index is 0.226. The first kappa shape index (κ1) is 16.4. The Balaban J connectivity index is 3.37. The van der Waals surface area contributed by atoms with Crippen molar-refractivity contribution in [3.8, 4) is 0 Å². The van der Waals surface area contributed by atoms with Crippen LogP contribution in [-0.2, 0) is 4.79 Å². The van der Waals surface area contributed by atoms with Gasteiger partial charge in [0.25, 0.3) is 0 Å². The number of carboxylic acid groups (broad SMARTS) is 1. The smallest absolute Gasteiger partial charge is 0.303 e. The number of hydrogen-bond acceptors (Lipinski definition) is 1. The monoisotopic (exact) mass is 248 g/mol. The molecular formula is C16H24O2. The van der Waals surface area contributed by atoms with E-state index in [2.05, 4.69) is 42.5 Å². The lowest BCUT2D eigenvalue weighted by molar-refractivity contribution is -0.136. The van der Waals surface area contributed by atoms with Crippen LogP contribution in [0.2, 0.25) is 0 Å². The van der Waals surface area contributed by atoms with Crippen LogP contribution in [0, 0.1) is 0 Å². The van der Waals surface area contributed by atoms with E-state index in [1.165, 1.54) is 0 Å². The highest BCUT2D eigenvalue weighted by Crippen LogP contribution is 1.98. The third-order valence-corrected chi connectivity index (χ3v) is 2.30. The van der Waals surface area contributed by atoms with Crippen LogP contribution in [0.1, 0.15) is 45.4 Å². The quantitative estimate of drug-likeness (QED) is 0.451. The maximum Gasteiger partial charge on any atom is 0.303 e. The van der Waals surface area contributed by atoms with Gasteiger partial charge in [-0.25, -0.2) is 0 Å². The van der Waals surface area contributed by atoms with E-state index in [9.17, 15) is 4.79 Å². The molecule has 1 N–H and O–H groups in total. The van der Waals surface area contributed by atoms with E-state index in [0.29, 0.717) is 6.42 Å². The number of unbranched alkanes of at least 4 members (excludes halogenated alkanes) is 1. The van der Waals surface area contributed by atoms with Crippen molar-refractivity contribution >= 4 is 5.97 Å². The molecule has 0 atom stereocenters. The molecule has 0 aromatic carbocycles. The van der Waals surface area contributed by atoms with Crippen molar-refractivity contribution in [1.82, 2.24) is 0 Å². The van der Waals surface area contributed by atoms with Crippen molar-refractivity contribution < 1.29 is 9.90 Å². The second-order valence-corrected chi connectivity index (χ2v) is 3.96. The Morgan fingerprint density at radius 2 is 1.33 bits per heavy atom. The lowest BCUT2D eigenvalue weighted by Crippen LogP contribution is -1.91. The topological polar surface area (TPSA) is 37.3 Å². The second-order valence-electron chi connectivity index (χ2n) is 3.96. The van der Waals surface area contributed by atoms with Crippen LogP contribution < -0.4 is 0 Å². The molecule has 0 fully saturated rings. The molecular weight excluding hydrogens is 224 g/mol. The number of allylic oxidation sites excluding steroid dienone is 8. The Hall–Kier alpha value is -1.57. The Labute approximate surface area is 110 Å². The molecule has 0 heterocycles. The van der Waals surface area contributed by atoms with Crippen LogP contribution in [0.5, 0.6) is 0 Å². The first-order valence-corrected chi connectivity index (χ1v) is 6.55. The minimum Gasteiger partial charge on any atom is -0.481 e. The Bertz CT molecular complexity index is 309. The summed E-state index contributed by atoms with van der Waals surface area (Å²) in [5.74, 6) is -0.732. The Kier molecular flexibility index (Phi) is 12.3. The molecule has 0 bridgehead atoms. The van der Waals surface area contributed by atoms with Gasteiger partial charge in [-0.05, 0) is 39.0 Å². The van der Waals surface area contributed by atoms with E-state index in [1.807, 2.05) is 13.0 Å². The fourth-order valence-corrected chi connectivity index (χ4v) is 1.33. The van der Waals surface area contributed by atoms with Gasteiger partial charge in [0.1, 0.15) is 0 Å². The van der Waals surface area contributed by atoms with E-state index in [1.54, 1.807) is 0 Å². The molecule has 100 valence electrons. The Morgan fingerprint density at radius 3 is 1.94 bits per heavy atom. The van der Waals surface area contributed by atoms with Crippen molar-refractivity contribution in [3.63, 3.8) is 0 Å². The third-order valence-electron chi connectivity index (χ3n) is 2.30. The SMILES string of the molecule is C/C=C/C/C=C/C/C=C/CC/C=C/CCC(=O)O. The summed E-state index contributed by atoms with van der Waals surface area (Å²) in [6.45, 7) is 2.03. The molecule has 0 aromatic heterocycles. The molecule has 0 aliphatic carbocycles. The summed E-state index contributed by atoms with van der Waals surface area (Å²) in [5, 5.41) is 8.43. The molecule has 0 radical (unpaired) electrons. The predicted molar refractivity (Wildman–Crippen MR) is 77.6 cm³/mol. The number of hydrogen-bond donors (Lipinski definition) is 1. The van der Waals surface area contributed by atoms with Gasteiger partial charge in [0, 0.05) is 6.42 Å². The van der Waals surface area contributed by atoms with Crippen molar-refractivity contribution in [2.24, 2.45) is 0 Å². The average Bonchev–Trinajstić information content (AvgIpc) is 2.34. The van der Waals surface area contributed by atoms with Gasteiger partial charge < -0.3 is 5.11 Å². The second kappa shape index (κ2) is 13.5. The molecule has 0 aromatic rings. The molecule has 0 unspecified atom stereocenters. The molecule has 18 heavy (non-hydrogen) atoms. The van der Waals surface area contributed by atoms with Crippen LogP contribution in [0.25, 0.3) is 0 Å². The van der Waals surface area contributed by atoms with Gasteiger partial charge >= 0.3 is 5.97 Å². The summed E-state index contributed by atoms with van der Waals surface area (Å²) in [7, 11) is 0.